The molecule has 1 aliphatic rings. The zero-order valence-electron chi connectivity index (χ0n) is 8.84. The Morgan fingerprint density at radius 3 is 2.93 bits per heavy atom. The number of amides is 1. The molecule has 1 fully saturated rings. The summed E-state index contributed by atoms with van der Waals surface area (Å²) in [6, 6.07) is 0. The molecule has 0 aliphatic carbocycles. The van der Waals surface area contributed by atoms with E-state index in [0.29, 0.717) is 0 Å². The van der Waals surface area contributed by atoms with Crippen molar-refractivity contribution >= 4 is 17.7 Å². The van der Waals surface area contributed by atoms with Gasteiger partial charge in [-0.2, -0.15) is 0 Å². The molecule has 1 unspecified atom stereocenters. The normalized spacial score (nSPS) is 21.9. The van der Waals surface area contributed by atoms with E-state index in [1.807, 2.05) is 18.8 Å². The minimum atomic E-state index is 0.221. The molecule has 0 saturated carbocycles. The van der Waals surface area contributed by atoms with Gasteiger partial charge in [-0.15, -0.1) is 11.8 Å². The topological polar surface area (TPSA) is 41.1 Å². The van der Waals surface area contributed by atoms with Crippen LogP contribution in [0.2, 0.25) is 0 Å². The van der Waals surface area contributed by atoms with E-state index in [0.717, 1.165) is 31.7 Å². The Balaban J connectivity index is 2.07. The zero-order chi connectivity index (χ0) is 10.2. The Bertz CT molecular complexity index is 170. The van der Waals surface area contributed by atoms with Crippen molar-refractivity contribution in [2.75, 3.05) is 25.9 Å². The minimum Gasteiger partial charge on any atom is -0.355 e. The zero-order valence-corrected chi connectivity index (χ0v) is 9.66. The van der Waals surface area contributed by atoms with Crippen molar-refractivity contribution in [3.05, 3.63) is 0 Å². The van der Waals surface area contributed by atoms with E-state index in [1.165, 1.54) is 12.8 Å². The van der Waals surface area contributed by atoms with Crippen molar-refractivity contribution in [1.82, 2.24) is 10.6 Å². The predicted octanol–water partition coefficient (Wildman–Crippen LogP) is 0.998. The number of nitrogens with one attached hydrogen (secondary N) is 2. The third-order valence-electron chi connectivity index (χ3n) is 2.37. The fourth-order valence-electron chi connectivity index (χ4n) is 1.54. The van der Waals surface area contributed by atoms with Crippen LogP contribution in [0.25, 0.3) is 0 Å². The molecule has 14 heavy (non-hydrogen) atoms. The number of carbonyl (C=O) groups is 1. The lowest BCUT2D eigenvalue weighted by molar-refractivity contribution is -0.120. The molecule has 1 amide bonds. The van der Waals surface area contributed by atoms with Gasteiger partial charge in [0.05, 0.1) is 5.25 Å². The van der Waals surface area contributed by atoms with Gasteiger partial charge in [0, 0.05) is 6.54 Å². The summed E-state index contributed by atoms with van der Waals surface area (Å²) < 4.78 is 0. The molecule has 1 atom stereocenters. The maximum absolute atomic E-state index is 11.6. The molecule has 0 radical (unpaired) electrons. The van der Waals surface area contributed by atoms with Crippen LogP contribution in [0.15, 0.2) is 0 Å². The van der Waals surface area contributed by atoms with Crippen LogP contribution < -0.4 is 10.6 Å². The third-order valence-corrected chi connectivity index (χ3v) is 3.75. The van der Waals surface area contributed by atoms with E-state index in [4.69, 9.17) is 0 Å². The largest absolute Gasteiger partial charge is 0.355 e. The molecule has 0 bridgehead atoms. The lowest BCUT2D eigenvalue weighted by atomic mass is 10.2. The molecule has 1 heterocycles. The molecule has 0 spiro atoms. The fourth-order valence-corrected chi connectivity index (χ4v) is 2.76. The van der Waals surface area contributed by atoms with Gasteiger partial charge in [-0.1, -0.05) is 6.42 Å². The standard InChI is InChI=1S/C10H20N2OS/c1-11-6-4-7-12-10(13)9-5-2-3-8-14-9/h9,11H,2-8H2,1H3,(H,12,13). The van der Waals surface area contributed by atoms with Gasteiger partial charge < -0.3 is 10.6 Å². The first-order valence-electron chi connectivity index (χ1n) is 5.38. The Hall–Kier alpha value is -0.220. The molecule has 0 aromatic heterocycles. The van der Waals surface area contributed by atoms with Crippen LogP contribution in [0, 0.1) is 0 Å². The Morgan fingerprint density at radius 2 is 2.29 bits per heavy atom. The van der Waals surface area contributed by atoms with Crippen LogP contribution in [0.4, 0.5) is 0 Å². The van der Waals surface area contributed by atoms with Crippen molar-refractivity contribution in [2.24, 2.45) is 0 Å². The van der Waals surface area contributed by atoms with Crippen molar-refractivity contribution < 1.29 is 4.79 Å². The molecule has 1 aliphatic heterocycles. The van der Waals surface area contributed by atoms with Crippen LogP contribution in [0.3, 0.4) is 0 Å². The molecule has 3 nitrogen and oxygen atoms in total. The highest BCUT2D eigenvalue weighted by atomic mass is 32.2. The van der Waals surface area contributed by atoms with Crippen molar-refractivity contribution in [2.45, 2.75) is 30.9 Å². The average Bonchev–Trinajstić information content (AvgIpc) is 2.25. The van der Waals surface area contributed by atoms with Gasteiger partial charge in [-0.3, -0.25) is 4.79 Å². The SMILES string of the molecule is CNCCCNC(=O)C1CCCCS1. The summed E-state index contributed by atoms with van der Waals surface area (Å²) in [6.45, 7) is 1.77. The summed E-state index contributed by atoms with van der Waals surface area (Å²) in [5.41, 5.74) is 0. The van der Waals surface area contributed by atoms with Gasteiger partial charge >= 0.3 is 0 Å². The second kappa shape index (κ2) is 7.12. The van der Waals surface area contributed by atoms with Crippen LogP contribution in [0.1, 0.15) is 25.7 Å². The first-order chi connectivity index (χ1) is 6.84. The lowest BCUT2D eigenvalue weighted by Crippen LogP contribution is -2.35. The molecular weight excluding hydrogens is 196 g/mol. The molecule has 1 saturated heterocycles. The van der Waals surface area contributed by atoms with E-state index in [9.17, 15) is 4.79 Å². The Morgan fingerprint density at radius 1 is 1.43 bits per heavy atom. The molecule has 4 heteroatoms. The highest BCUT2D eigenvalue weighted by Gasteiger charge is 2.20. The summed E-state index contributed by atoms with van der Waals surface area (Å²) in [4.78, 5) is 11.6. The first-order valence-corrected chi connectivity index (χ1v) is 6.43. The quantitative estimate of drug-likeness (QED) is 0.674. The molecule has 0 aromatic rings. The highest BCUT2D eigenvalue weighted by molar-refractivity contribution is 8.00. The smallest absolute Gasteiger partial charge is 0.233 e. The summed E-state index contributed by atoms with van der Waals surface area (Å²) in [6.07, 6.45) is 4.55. The number of thioether (sulfide) groups is 1. The Labute approximate surface area is 90.4 Å². The average molecular weight is 216 g/mol. The predicted molar refractivity (Wildman–Crippen MR) is 61.7 cm³/mol. The van der Waals surface area contributed by atoms with Crippen molar-refractivity contribution in [3.63, 3.8) is 0 Å². The number of hydrogen-bond acceptors (Lipinski definition) is 3. The van der Waals surface area contributed by atoms with Crippen LogP contribution in [-0.4, -0.2) is 37.0 Å². The van der Waals surface area contributed by atoms with E-state index >= 15 is 0 Å². The second-order valence-corrected chi connectivity index (χ2v) is 4.91. The minimum absolute atomic E-state index is 0.221. The van der Waals surface area contributed by atoms with Crippen LogP contribution in [0.5, 0.6) is 0 Å². The summed E-state index contributed by atoms with van der Waals surface area (Å²) in [5.74, 6) is 1.39. The van der Waals surface area contributed by atoms with Gasteiger partial charge in [0.1, 0.15) is 0 Å². The molecule has 2 N–H and O–H groups in total. The summed E-state index contributed by atoms with van der Waals surface area (Å²) in [7, 11) is 1.93. The fraction of sp³-hybridized carbons (Fsp3) is 0.900. The number of rotatable bonds is 5. The third kappa shape index (κ3) is 4.33. The highest BCUT2D eigenvalue weighted by Crippen LogP contribution is 2.24. The second-order valence-electron chi connectivity index (χ2n) is 3.60. The van der Waals surface area contributed by atoms with Gasteiger partial charge in [0.25, 0.3) is 0 Å². The van der Waals surface area contributed by atoms with E-state index in [-0.39, 0.29) is 11.2 Å². The number of carbonyl (C=O) groups excluding carboxylic acids is 1. The Kier molecular flexibility index (Phi) is 6.03. The maximum Gasteiger partial charge on any atom is 0.233 e. The van der Waals surface area contributed by atoms with Crippen molar-refractivity contribution in [3.8, 4) is 0 Å². The summed E-state index contributed by atoms with van der Waals surface area (Å²) >= 11 is 1.81. The van der Waals surface area contributed by atoms with E-state index < -0.39 is 0 Å². The van der Waals surface area contributed by atoms with Gasteiger partial charge in [-0.05, 0) is 38.6 Å². The van der Waals surface area contributed by atoms with Crippen LogP contribution in [-0.2, 0) is 4.79 Å². The molecule has 82 valence electrons. The van der Waals surface area contributed by atoms with Gasteiger partial charge in [-0.25, -0.2) is 0 Å². The first kappa shape index (κ1) is 11.9. The monoisotopic (exact) mass is 216 g/mol. The maximum atomic E-state index is 11.6. The van der Waals surface area contributed by atoms with Gasteiger partial charge in [0.15, 0.2) is 0 Å². The number of hydrogen-bond donors (Lipinski definition) is 2. The van der Waals surface area contributed by atoms with Crippen LogP contribution >= 0.6 is 11.8 Å². The molecular formula is C10H20N2OS. The lowest BCUT2D eigenvalue weighted by Gasteiger charge is -2.20. The summed E-state index contributed by atoms with van der Waals surface area (Å²) in [5, 5.41) is 6.27. The van der Waals surface area contributed by atoms with E-state index in [1.54, 1.807) is 0 Å². The van der Waals surface area contributed by atoms with Crippen molar-refractivity contribution in [1.29, 1.82) is 0 Å². The molecule has 1 rings (SSSR count). The molecule has 0 aromatic carbocycles. The van der Waals surface area contributed by atoms with E-state index in [2.05, 4.69) is 10.6 Å². The van der Waals surface area contributed by atoms with Gasteiger partial charge in [0.2, 0.25) is 5.91 Å².